The van der Waals surface area contributed by atoms with E-state index in [1.165, 1.54) is 8.99 Å². The SMILES string of the molecule is Cc1c(S(=O)(=O)N2CC(C)(C)OC(C)(C)C2)c(N)nn1C. The molecule has 1 aliphatic rings. The molecule has 0 aromatic carbocycles. The van der Waals surface area contributed by atoms with Crippen LogP contribution < -0.4 is 5.73 Å². The molecule has 0 unspecified atom stereocenters. The molecular weight excluding hydrogens is 292 g/mol. The molecule has 1 aromatic heterocycles. The fraction of sp³-hybridized carbons (Fsp3) is 0.769. The highest BCUT2D eigenvalue weighted by Gasteiger charge is 2.44. The maximum absolute atomic E-state index is 13.0. The number of aryl methyl sites for hydroxylation is 1. The summed E-state index contributed by atoms with van der Waals surface area (Å²) in [4.78, 5) is 0.0958. The van der Waals surface area contributed by atoms with Gasteiger partial charge in [-0.15, -0.1) is 0 Å². The van der Waals surface area contributed by atoms with Gasteiger partial charge in [0, 0.05) is 20.1 Å². The second kappa shape index (κ2) is 4.69. The summed E-state index contributed by atoms with van der Waals surface area (Å²) >= 11 is 0. The molecule has 2 heterocycles. The van der Waals surface area contributed by atoms with Crippen LogP contribution in [0.5, 0.6) is 0 Å². The molecule has 0 bridgehead atoms. The first-order chi connectivity index (χ1) is 9.36. The zero-order valence-electron chi connectivity index (χ0n) is 13.5. The van der Waals surface area contributed by atoms with E-state index in [-0.39, 0.29) is 23.8 Å². The number of aromatic nitrogens is 2. The van der Waals surface area contributed by atoms with Gasteiger partial charge in [-0.2, -0.15) is 9.40 Å². The number of morpholine rings is 1. The Kier molecular flexibility index (Phi) is 3.63. The highest BCUT2D eigenvalue weighted by atomic mass is 32.2. The van der Waals surface area contributed by atoms with Gasteiger partial charge in [0.25, 0.3) is 0 Å². The molecule has 0 radical (unpaired) electrons. The van der Waals surface area contributed by atoms with Crippen LogP contribution in [0, 0.1) is 6.92 Å². The largest absolute Gasteiger partial charge is 0.381 e. The first-order valence-electron chi connectivity index (χ1n) is 6.85. The van der Waals surface area contributed by atoms with Crippen LogP contribution in [0.4, 0.5) is 5.82 Å². The van der Waals surface area contributed by atoms with Gasteiger partial charge in [-0.3, -0.25) is 4.68 Å². The van der Waals surface area contributed by atoms with Crippen molar-refractivity contribution in [2.75, 3.05) is 18.8 Å². The standard InChI is InChI=1S/C13H24N4O3S/c1-9-10(11(14)15-16(9)6)21(18,19)17-7-12(2,3)20-13(4,5)8-17/h7-8H2,1-6H3,(H2,14,15). The first-order valence-corrected chi connectivity index (χ1v) is 8.29. The highest BCUT2D eigenvalue weighted by molar-refractivity contribution is 7.89. The third kappa shape index (κ3) is 2.93. The van der Waals surface area contributed by atoms with Crippen LogP contribution >= 0.6 is 0 Å². The normalized spacial score (nSPS) is 22.4. The third-order valence-electron chi connectivity index (χ3n) is 3.57. The molecular formula is C13H24N4O3S. The fourth-order valence-electron chi connectivity index (χ4n) is 2.95. The Labute approximate surface area is 126 Å². The monoisotopic (exact) mass is 316 g/mol. The number of hydrogen-bond donors (Lipinski definition) is 1. The van der Waals surface area contributed by atoms with E-state index < -0.39 is 21.2 Å². The number of nitrogens with two attached hydrogens (primary N) is 1. The first kappa shape index (κ1) is 16.3. The minimum atomic E-state index is -3.70. The lowest BCUT2D eigenvalue weighted by Crippen LogP contribution is -2.58. The Bertz CT molecular complexity index is 645. The van der Waals surface area contributed by atoms with Gasteiger partial charge in [0.2, 0.25) is 10.0 Å². The molecule has 21 heavy (non-hydrogen) atoms. The minimum Gasteiger partial charge on any atom is -0.381 e. The van der Waals surface area contributed by atoms with E-state index in [0.717, 1.165) is 0 Å². The summed E-state index contributed by atoms with van der Waals surface area (Å²) < 4.78 is 34.8. The molecule has 0 aliphatic carbocycles. The summed E-state index contributed by atoms with van der Waals surface area (Å²) in [5.41, 5.74) is 5.23. The molecule has 0 spiro atoms. The van der Waals surface area contributed by atoms with Gasteiger partial charge < -0.3 is 10.5 Å². The van der Waals surface area contributed by atoms with Crippen LogP contribution in [-0.4, -0.2) is 46.8 Å². The highest BCUT2D eigenvalue weighted by Crippen LogP contribution is 2.33. The molecule has 1 aliphatic heterocycles. The van der Waals surface area contributed by atoms with Crippen molar-refractivity contribution in [1.82, 2.24) is 14.1 Å². The van der Waals surface area contributed by atoms with Crippen LogP contribution in [0.25, 0.3) is 0 Å². The van der Waals surface area contributed by atoms with Crippen molar-refractivity contribution in [3.05, 3.63) is 5.69 Å². The minimum absolute atomic E-state index is 0.0390. The molecule has 0 atom stereocenters. The van der Waals surface area contributed by atoms with Gasteiger partial charge in [0.15, 0.2) is 5.82 Å². The smallest absolute Gasteiger partial charge is 0.248 e. The number of rotatable bonds is 2. The Balaban J connectivity index is 2.49. The molecule has 0 saturated carbocycles. The van der Waals surface area contributed by atoms with Crippen molar-refractivity contribution in [1.29, 1.82) is 0 Å². The number of sulfonamides is 1. The van der Waals surface area contributed by atoms with Gasteiger partial charge in [-0.25, -0.2) is 8.42 Å². The molecule has 1 aromatic rings. The second-order valence-corrected chi connectivity index (χ2v) is 8.69. The molecule has 120 valence electrons. The number of anilines is 1. The van der Waals surface area contributed by atoms with Crippen LogP contribution in [0.2, 0.25) is 0 Å². The van der Waals surface area contributed by atoms with Crippen LogP contribution in [0.3, 0.4) is 0 Å². The zero-order valence-corrected chi connectivity index (χ0v) is 14.3. The fourth-order valence-corrected chi connectivity index (χ4v) is 4.98. The number of nitrogen functional groups attached to an aromatic ring is 1. The average Bonchev–Trinajstić information content (AvgIpc) is 2.48. The molecule has 2 rings (SSSR count). The molecule has 2 N–H and O–H groups in total. The second-order valence-electron chi connectivity index (χ2n) is 6.82. The van der Waals surface area contributed by atoms with E-state index in [1.54, 1.807) is 14.0 Å². The van der Waals surface area contributed by atoms with Gasteiger partial charge in [0.1, 0.15) is 4.90 Å². The van der Waals surface area contributed by atoms with Crippen molar-refractivity contribution in [2.24, 2.45) is 7.05 Å². The lowest BCUT2D eigenvalue weighted by Gasteiger charge is -2.46. The number of hydrogen-bond acceptors (Lipinski definition) is 5. The molecule has 1 fully saturated rings. The Morgan fingerprint density at radius 3 is 2.05 bits per heavy atom. The molecule has 1 saturated heterocycles. The molecule has 0 amide bonds. The van der Waals surface area contributed by atoms with Crippen molar-refractivity contribution in [3.63, 3.8) is 0 Å². The third-order valence-corrected chi connectivity index (χ3v) is 5.53. The van der Waals surface area contributed by atoms with Gasteiger partial charge in [0.05, 0.1) is 16.9 Å². The molecule has 7 nitrogen and oxygen atoms in total. The summed E-state index contributed by atoms with van der Waals surface area (Å²) in [5.74, 6) is 0.0390. The van der Waals surface area contributed by atoms with Crippen molar-refractivity contribution in [3.8, 4) is 0 Å². The van der Waals surface area contributed by atoms with E-state index in [4.69, 9.17) is 10.5 Å². The number of nitrogens with zero attached hydrogens (tertiary/aromatic N) is 3. The summed E-state index contributed by atoms with van der Waals surface area (Å²) in [5, 5.41) is 4.00. The van der Waals surface area contributed by atoms with Gasteiger partial charge in [-0.05, 0) is 34.6 Å². The van der Waals surface area contributed by atoms with E-state index in [0.29, 0.717) is 5.69 Å². The number of ether oxygens (including phenoxy) is 1. The van der Waals surface area contributed by atoms with Crippen LogP contribution in [0.1, 0.15) is 33.4 Å². The summed E-state index contributed by atoms with van der Waals surface area (Å²) in [6.07, 6.45) is 0. The van der Waals surface area contributed by atoms with Crippen molar-refractivity contribution >= 4 is 15.8 Å². The predicted octanol–water partition coefficient (Wildman–Crippen LogP) is 0.889. The average molecular weight is 316 g/mol. The van der Waals surface area contributed by atoms with E-state index >= 15 is 0 Å². The lowest BCUT2D eigenvalue weighted by atomic mass is 10.0. The van der Waals surface area contributed by atoms with E-state index in [1.807, 2.05) is 27.7 Å². The van der Waals surface area contributed by atoms with Crippen LogP contribution in [0.15, 0.2) is 4.90 Å². The Hall–Kier alpha value is -1.12. The Morgan fingerprint density at radius 1 is 1.19 bits per heavy atom. The maximum atomic E-state index is 13.0. The quantitative estimate of drug-likeness (QED) is 0.875. The summed E-state index contributed by atoms with van der Waals surface area (Å²) in [7, 11) is -2.02. The van der Waals surface area contributed by atoms with Gasteiger partial charge >= 0.3 is 0 Å². The maximum Gasteiger partial charge on any atom is 0.248 e. The topological polar surface area (TPSA) is 90.4 Å². The predicted molar refractivity (Wildman–Crippen MR) is 80.4 cm³/mol. The van der Waals surface area contributed by atoms with Crippen molar-refractivity contribution in [2.45, 2.75) is 50.7 Å². The zero-order chi connectivity index (χ0) is 16.2. The molecule has 8 heteroatoms. The van der Waals surface area contributed by atoms with E-state index in [9.17, 15) is 8.42 Å². The summed E-state index contributed by atoms with van der Waals surface area (Å²) in [6.45, 7) is 9.81. The summed E-state index contributed by atoms with van der Waals surface area (Å²) in [6, 6.07) is 0. The van der Waals surface area contributed by atoms with Crippen LogP contribution in [-0.2, 0) is 21.8 Å². The van der Waals surface area contributed by atoms with E-state index in [2.05, 4.69) is 5.10 Å². The van der Waals surface area contributed by atoms with Crippen molar-refractivity contribution < 1.29 is 13.2 Å². The Morgan fingerprint density at radius 2 is 1.67 bits per heavy atom. The van der Waals surface area contributed by atoms with Gasteiger partial charge in [-0.1, -0.05) is 0 Å². The lowest BCUT2D eigenvalue weighted by molar-refractivity contribution is -0.163.